The quantitative estimate of drug-likeness (QED) is 0.788. The number of nitrogens with one attached hydrogen (secondary N) is 1. The van der Waals surface area contributed by atoms with E-state index < -0.39 is 10.0 Å². The molecule has 0 aliphatic carbocycles. The van der Waals surface area contributed by atoms with Gasteiger partial charge in [-0.2, -0.15) is 5.10 Å². The first kappa shape index (κ1) is 15.8. The first-order chi connectivity index (χ1) is 9.80. The molecule has 118 valence electrons. The molecule has 3 N–H and O–H groups in total. The fourth-order valence-corrected chi connectivity index (χ4v) is 3.27. The fraction of sp³-hybridized carbons (Fsp3) is 0.667. The van der Waals surface area contributed by atoms with Gasteiger partial charge in [-0.3, -0.25) is 9.48 Å². The fourth-order valence-electron chi connectivity index (χ4n) is 2.48. The Labute approximate surface area is 124 Å². The van der Waals surface area contributed by atoms with Gasteiger partial charge in [-0.15, -0.1) is 0 Å². The van der Waals surface area contributed by atoms with Gasteiger partial charge in [0, 0.05) is 31.9 Å². The molecular formula is C12H21N5O3S. The van der Waals surface area contributed by atoms with Gasteiger partial charge in [0.05, 0.1) is 11.9 Å². The molecule has 1 aliphatic heterocycles. The van der Waals surface area contributed by atoms with E-state index in [1.807, 2.05) is 6.92 Å². The lowest BCUT2D eigenvalue weighted by molar-refractivity contribution is 0.0697. The van der Waals surface area contributed by atoms with Crippen LogP contribution in [0.4, 0.5) is 5.69 Å². The standard InChI is InChI=1S/C12H21N5O3S/c1-3-17-8-10(13)11(14-17)12(18)16-6-4-5-9(7-16)15-21(2,19)20/h8-9,15H,3-7,13H2,1-2H3. The Morgan fingerprint density at radius 1 is 1.57 bits per heavy atom. The molecule has 2 rings (SSSR count). The van der Waals surface area contributed by atoms with Crippen molar-refractivity contribution >= 4 is 21.6 Å². The van der Waals surface area contributed by atoms with Gasteiger partial charge in [-0.1, -0.05) is 0 Å². The van der Waals surface area contributed by atoms with Crippen molar-refractivity contribution in [1.82, 2.24) is 19.4 Å². The minimum Gasteiger partial charge on any atom is -0.396 e. The molecule has 21 heavy (non-hydrogen) atoms. The molecule has 1 aliphatic rings. The molecule has 1 fully saturated rings. The van der Waals surface area contributed by atoms with Crippen molar-refractivity contribution in [3.05, 3.63) is 11.9 Å². The molecule has 1 atom stereocenters. The van der Waals surface area contributed by atoms with Crippen molar-refractivity contribution < 1.29 is 13.2 Å². The van der Waals surface area contributed by atoms with E-state index in [0.717, 1.165) is 19.1 Å². The summed E-state index contributed by atoms with van der Waals surface area (Å²) in [5, 5.41) is 4.16. The second kappa shape index (κ2) is 6.02. The zero-order valence-electron chi connectivity index (χ0n) is 12.2. The molecule has 1 aromatic rings. The normalized spacial score (nSPS) is 19.7. The average Bonchev–Trinajstić information content (AvgIpc) is 2.77. The molecule has 0 aromatic carbocycles. The van der Waals surface area contributed by atoms with Crippen molar-refractivity contribution in [2.45, 2.75) is 32.4 Å². The number of hydrogen-bond acceptors (Lipinski definition) is 5. The molecule has 0 bridgehead atoms. The van der Waals surface area contributed by atoms with Crippen molar-refractivity contribution in [1.29, 1.82) is 0 Å². The van der Waals surface area contributed by atoms with Crippen LogP contribution in [0.3, 0.4) is 0 Å². The highest BCUT2D eigenvalue weighted by Crippen LogP contribution is 2.17. The van der Waals surface area contributed by atoms with Gasteiger partial charge < -0.3 is 10.6 Å². The summed E-state index contributed by atoms with van der Waals surface area (Å²) in [5.74, 6) is -0.250. The summed E-state index contributed by atoms with van der Waals surface area (Å²) in [6.07, 6.45) is 4.21. The van der Waals surface area contributed by atoms with Crippen LogP contribution in [0, 0.1) is 0 Å². The van der Waals surface area contributed by atoms with Crippen molar-refractivity contribution in [2.75, 3.05) is 25.1 Å². The van der Waals surface area contributed by atoms with Gasteiger partial charge in [-0.25, -0.2) is 13.1 Å². The van der Waals surface area contributed by atoms with Crippen molar-refractivity contribution in [3.63, 3.8) is 0 Å². The number of nitrogens with zero attached hydrogens (tertiary/aromatic N) is 3. The first-order valence-corrected chi connectivity index (χ1v) is 8.78. The Morgan fingerprint density at radius 2 is 2.29 bits per heavy atom. The zero-order chi connectivity index (χ0) is 15.6. The average molecular weight is 315 g/mol. The largest absolute Gasteiger partial charge is 0.396 e. The molecule has 0 saturated carbocycles. The number of nitrogens with two attached hydrogens (primary N) is 1. The highest BCUT2D eigenvalue weighted by Gasteiger charge is 2.28. The number of nitrogen functional groups attached to an aromatic ring is 1. The van der Waals surface area contributed by atoms with E-state index >= 15 is 0 Å². The lowest BCUT2D eigenvalue weighted by atomic mass is 10.1. The lowest BCUT2D eigenvalue weighted by Gasteiger charge is -2.32. The monoisotopic (exact) mass is 315 g/mol. The Hall–Kier alpha value is -1.61. The van der Waals surface area contributed by atoms with Crippen LogP contribution in [-0.2, 0) is 16.6 Å². The molecule has 2 heterocycles. The number of carbonyl (C=O) groups is 1. The molecule has 8 nitrogen and oxygen atoms in total. The van der Waals surface area contributed by atoms with Gasteiger partial charge in [0.2, 0.25) is 10.0 Å². The summed E-state index contributed by atoms with van der Waals surface area (Å²) in [7, 11) is -3.28. The number of aromatic nitrogens is 2. The second-order valence-corrected chi connectivity index (χ2v) is 7.05. The predicted molar refractivity (Wildman–Crippen MR) is 79.2 cm³/mol. The van der Waals surface area contributed by atoms with E-state index in [-0.39, 0.29) is 17.6 Å². The number of carbonyl (C=O) groups excluding carboxylic acids is 1. The molecule has 0 spiro atoms. The van der Waals surface area contributed by atoms with Crippen LogP contribution in [0.25, 0.3) is 0 Å². The third kappa shape index (κ3) is 3.94. The Bertz CT molecular complexity index is 625. The number of aryl methyl sites for hydroxylation is 1. The van der Waals surface area contributed by atoms with E-state index in [2.05, 4.69) is 9.82 Å². The van der Waals surface area contributed by atoms with Crippen LogP contribution in [0.2, 0.25) is 0 Å². The number of amides is 1. The van der Waals surface area contributed by atoms with E-state index in [0.29, 0.717) is 25.3 Å². The van der Waals surface area contributed by atoms with Crippen LogP contribution in [0.1, 0.15) is 30.3 Å². The molecule has 1 amide bonds. The van der Waals surface area contributed by atoms with E-state index in [9.17, 15) is 13.2 Å². The number of likely N-dealkylation sites (tertiary alicyclic amines) is 1. The van der Waals surface area contributed by atoms with Crippen LogP contribution >= 0.6 is 0 Å². The van der Waals surface area contributed by atoms with Crippen LogP contribution in [-0.4, -0.2) is 54.4 Å². The minimum atomic E-state index is -3.28. The number of piperidine rings is 1. The third-order valence-corrected chi connectivity index (χ3v) is 4.17. The molecular weight excluding hydrogens is 294 g/mol. The summed E-state index contributed by atoms with van der Waals surface area (Å²) in [6, 6.07) is -0.257. The molecule has 9 heteroatoms. The number of anilines is 1. The van der Waals surface area contributed by atoms with Gasteiger partial charge in [0.1, 0.15) is 0 Å². The zero-order valence-corrected chi connectivity index (χ0v) is 13.1. The minimum absolute atomic E-state index is 0.233. The third-order valence-electron chi connectivity index (χ3n) is 3.41. The summed E-state index contributed by atoms with van der Waals surface area (Å²) in [5.41, 5.74) is 6.40. The van der Waals surface area contributed by atoms with Gasteiger partial charge >= 0.3 is 0 Å². The Kier molecular flexibility index (Phi) is 4.52. The number of rotatable bonds is 4. The van der Waals surface area contributed by atoms with Crippen LogP contribution < -0.4 is 10.5 Å². The van der Waals surface area contributed by atoms with Crippen molar-refractivity contribution in [2.24, 2.45) is 0 Å². The van der Waals surface area contributed by atoms with Crippen molar-refractivity contribution in [3.8, 4) is 0 Å². The number of sulfonamides is 1. The molecule has 1 unspecified atom stereocenters. The highest BCUT2D eigenvalue weighted by atomic mass is 32.2. The maximum Gasteiger partial charge on any atom is 0.276 e. The second-order valence-electron chi connectivity index (χ2n) is 5.27. The predicted octanol–water partition coefficient (Wildman–Crippen LogP) is -0.361. The lowest BCUT2D eigenvalue weighted by Crippen LogP contribution is -2.49. The maximum absolute atomic E-state index is 12.5. The van der Waals surface area contributed by atoms with Gasteiger partial charge in [-0.05, 0) is 19.8 Å². The van der Waals surface area contributed by atoms with Crippen LogP contribution in [0.5, 0.6) is 0 Å². The summed E-state index contributed by atoms with van der Waals surface area (Å²) in [6.45, 7) is 3.47. The molecule has 1 saturated heterocycles. The van der Waals surface area contributed by atoms with Gasteiger partial charge in [0.15, 0.2) is 5.69 Å². The molecule has 1 aromatic heterocycles. The van der Waals surface area contributed by atoms with Crippen LogP contribution in [0.15, 0.2) is 6.20 Å². The van der Waals surface area contributed by atoms with E-state index in [1.165, 1.54) is 0 Å². The van der Waals surface area contributed by atoms with E-state index in [1.54, 1.807) is 15.8 Å². The smallest absolute Gasteiger partial charge is 0.276 e. The first-order valence-electron chi connectivity index (χ1n) is 6.89. The topological polar surface area (TPSA) is 110 Å². The highest BCUT2D eigenvalue weighted by molar-refractivity contribution is 7.88. The number of hydrogen-bond donors (Lipinski definition) is 2. The summed E-state index contributed by atoms with van der Waals surface area (Å²) >= 11 is 0. The maximum atomic E-state index is 12.5. The summed E-state index contributed by atoms with van der Waals surface area (Å²) < 4.78 is 26.7. The molecule has 0 radical (unpaired) electrons. The Balaban J connectivity index is 2.10. The van der Waals surface area contributed by atoms with E-state index in [4.69, 9.17) is 5.73 Å². The SMILES string of the molecule is CCn1cc(N)c(C(=O)N2CCCC(NS(C)(=O)=O)C2)n1. The van der Waals surface area contributed by atoms with Gasteiger partial charge in [0.25, 0.3) is 5.91 Å². The Morgan fingerprint density at radius 3 is 2.86 bits per heavy atom. The summed E-state index contributed by atoms with van der Waals surface area (Å²) in [4.78, 5) is 14.1.